The lowest BCUT2D eigenvalue weighted by atomic mass is 10.1. The molecule has 0 spiro atoms. The van der Waals surface area contributed by atoms with Gasteiger partial charge in [-0.25, -0.2) is 4.79 Å². The normalized spacial score (nSPS) is 12.8. The number of aromatic carboxylic acids is 1. The summed E-state index contributed by atoms with van der Waals surface area (Å²) in [5.74, 6) is -1.50. The highest BCUT2D eigenvalue weighted by atomic mass is 16.4. The fourth-order valence-corrected chi connectivity index (χ4v) is 2.72. The van der Waals surface area contributed by atoms with E-state index in [1.165, 1.54) is 23.3 Å². The monoisotopic (exact) mass is 281 g/mol. The first-order chi connectivity index (χ1) is 10.1. The molecule has 1 aliphatic carbocycles. The van der Waals surface area contributed by atoms with Crippen LogP contribution in [0, 0.1) is 0 Å². The molecule has 4 heteroatoms. The van der Waals surface area contributed by atoms with Crippen LogP contribution in [0.25, 0.3) is 0 Å². The van der Waals surface area contributed by atoms with E-state index in [0.29, 0.717) is 5.69 Å². The minimum atomic E-state index is -1.10. The molecule has 1 aliphatic rings. The number of hydrogen-bond donors (Lipinski definition) is 2. The van der Waals surface area contributed by atoms with Gasteiger partial charge in [-0.2, -0.15) is 0 Å². The number of nitrogens with one attached hydrogen (secondary N) is 1. The van der Waals surface area contributed by atoms with Gasteiger partial charge in [-0.15, -0.1) is 0 Å². The fraction of sp³-hybridized carbons (Fsp3) is 0.176. The molecule has 3 rings (SSSR count). The van der Waals surface area contributed by atoms with E-state index in [9.17, 15) is 9.59 Å². The van der Waals surface area contributed by atoms with Gasteiger partial charge in [-0.3, -0.25) is 4.79 Å². The molecule has 0 saturated heterocycles. The molecular formula is C17H15NO3. The molecule has 0 radical (unpaired) electrons. The summed E-state index contributed by atoms with van der Waals surface area (Å²) in [6.45, 7) is 0. The molecule has 1 amide bonds. The van der Waals surface area contributed by atoms with E-state index >= 15 is 0 Å². The Kier molecular flexibility index (Phi) is 3.44. The maximum absolute atomic E-state index is 12.3. The molecular weight excluding hydrogens is 266 g/mol. The third-order valence-corrected chi connectivity index (χ3v) is 3.76. The zero-order valence-corrected chi connectivity index (χ0v) is 11.4. The van der Waals surface area contributed by atoms with Crippen molar-refractivity contribution >= 4 is 17.6 Å². The molecule has 0 unspecified atom stereocenters. The van der Waals surface area contributed by atoms with Crippen LogP contribution in [0.1, 0.15) is 38.3 Å². The van der Waals surface area contributed by atoms with Crippen LogP contribution >= 0.6 is 0 Å². The molecule has 0 fully saturated rings. The third-order valence-electron chi connectivity index (χ3n) is 3.76. The summed E-state index contributed by atoms with van der Waals surface area (Å²) in [4.78, 5) is 23.4. The first-order valence-electron chi connectivity index (χ1n) is 6.90. The maximum Gasteiger partial charge on any atom is 0.336 e. The second-order valence-corrected chi connectivity index (χ2v) is 5.14. The van der Waals surface area contributed by atoms with Crippen LogP contribution in [-0.4, -0.2) is 17.0 Å². The number of rotatable bonds is 3. The summed E-state index contributed by atoms with van der Waals surface area (Å²) in [6.07, 6.45) is 3.27. The molecule has 106 valence electrons. The minimum Gasteiger partial charge on any atom is -0.478 e. The molecule has 0 bridgehead atoms. The molecule has 0 saturated carbocycles. The highest BCUT2D eigenvalue weighted by molar-refractivity contribution is 6.10. The van der Waals surface area contributed by atoms with E-state index in [1.54, 1.807) is 12.1 Å². The number of carbonyl (C=O) groups excluding carboxylic acids is 1. The van der Waals surface area contributed by atoms with E-state index in [2.05, 4.69) is 5.32 Å². The Balaban J connectivity index is 1.85. The van der Waals surface area contributed by atoms with Crippen molar-refractivity contribution in [2.45, 2.75) is 19.3 Å². The second kappa shape index (κ2) is 5.40. The number of anilines is 1. The van der Waals surface area contributed by atoms with Crippen molar-refractivity contribution in [3.8, 4) is 0 Å². The van der Waals surface area contributed by atoms with Gasteiger partial charge >= 0.3 is 5.97 Å². The third kappa shape index (κ3) is 2.65. The summed E-state index contributed by atoms with van der Waals surface area (Å²) in [7, 11) is 0. The van der Waals surface area contributed by atoms with Crippen LogP contribution in [0.2, 0.25) is 0 Å². The Hall–Kier alpha value is -2.62. The van der Waals surface area contributed by atoms with Gasteiger partial charge in [0.1, 0.15) is 0 Å². The summed E-state index contributed by atoms with van der Waals surface area (Å²) in [5, 5.41) is 11.9. The average molecular weight is 281 g/mol. The SMILES string of the molecule is O=C(O)c1ccccc1C(=O)Nc1ccc2c(c1)CCC2. The molecule has 2 aromatic rings. The topological polar surface area (TPSA) is 66.4 Å². The molecule has 0 heterocycles. The van der Waals surface area contributed by atoms with E-state index in [1.807, 2.05) is 18.2 Å². The van der Waals surface area contributed by atoms with Gasteiger partial charge in [0.05, 0.1) is 11.1 Å². The van der Waals surface area contributed by atoms with Crippen molar-refractivity contribution < 1.29 is 14.7 Å². The first kappa shape index (κ1) is 13.4. The number of carbonyl (C=O) groups is 2. The van der Waals surface area contributed by atoms with Crippen LogP contribution < -0.4 is 5.32 Å². The number of hydrogen-bond acceptors (Lipinski definition) is 2. The highest BCUT2D eigenvalue weighted by Gasteiger charge is 2.17. The molecule has 4 nitrogen and oxygen atoms in total. The summed E-state index contributed by atoms with van der Waals surface area (Å²) in [6, 6.07) is 12.1. The summed E-state index contributed by atoms with van der Waals surface area (Å²) in [5.41, 5.74) is 3.49. The van der Waals surface area contributed by atoms with Gasteiger partial charge in [0.2, 0.25) is 0 Å². The standard InChI is InChI=1S/C17H15NO3/c19-16(14-6-1-2-7-15(14)17(20)21)18-13-9-8-11-4-3-5-12(11)10-13/h1-2,6-10H,3-5H2,(H,18,19)(H,20,21). The largest absolute Gasteiger partial charge is 0.478 e. The van der Waals surface area contributed by atoms with Crippen molar-refractivity contribution in [1.82, 2.24) is 0 Å². The van der Waals surface area contributed by atoms with Gasteiger partial charge in [-0.05, 0) is 54.7 Å². The molecule has 21 heavy (non-hydrogen) atoms. The summed E-state index contributed by atoms with van der Waals surface area (Å²) >= 11 is 0. The zero-order valence-electron chi connectivity index (χ0n) is 11.4. The Labute approximate surface area is 122 Å². The van der Waals surface area contributed by atoms with E-state index in [0.717, 1.165) is 19.3 Å². The average Bonchev–Trinajstić information content (AvgIpc) is 2.94. The van der Waals surface area contributed by atoms with Gasteiger partial charge in [0.25, 0.3) is 5.91 Å². The van der Waals surface area contributed by atoms with Crippen molar-refractivity contribution in [2.24, 2.45) is 0 Å². The van der Waals surface area contributed by atoms with E-state index in [4.69, 9.17) is 5.11 Å². The Morgan fingerprint density at radius 2 is 1.67 bits per heavy atom. The molecule has 2 aromatic carbocycles. The summed E-state index contributed by atoms with van der Waals surface area (Å²) < 4.78 is 0. The van der Waals surface area contributed by atoms with Crippen LogP contribution in [-0.2, 0) is 12.8 Å². The minimum absolute atomic E-state index is 0.0103. The lowest BCUT2D eigenvalue weighted by molar-refractivity contribution is 0.0692. The number of amides is 1. The Morgan fingerprint density at radius 3 is 2.43 bits per heavy atom. The first-order valence-corrected chi connectivity index (χ1v) is 6.90. The predicted molar refractivity (Wildman–Crippen MR) is 79.8 cm³/mol. The van der Waals surface area contributed by atoms with Gasteiger partial charge in [0, 0.05) is 5.69 Å². The fourth-order valence-electron chi connectivity index (χ4n) is 2.72. The zero-order chi connectivity index (χ0) is 14.8. The van der Waals surface area contributed by atoms with Crippen LogP contribution in [0.3, 0.4) is 0 Å². The van der Waals surface area contributed by atoms with Crippen molar-refractivity contribution in [3.05, 3.63) is 64.7 Å². The van der Waals surface area contributed by atoms with E-state index < -0.39 is 11.9 Å². The van der Waals surface area contributed by atoms with Crippen molar-refractivity contribution in [3.63, 3.8) is 0 Å². The number of aryl methyl sites for hydroxylation is 2. The van der Waals surface area contributed by atoms with Crippen LogP contribution in [0.15, 0.2) is 42.5 Å². The van der Waals surface area contributed by atoms with E-state index in [-0.39, 0.29) is 11.1 Å². The maximum atomic E-state index is 12.3. The van der Waals surface area contributed by atoms with Gasteiger partial charge < -0.3 is 10.4 Å². The second-order valence-electron chi connectivity index (χ2n) is 5.14. The lowest BCUT2D eigenvalue weighted by Crippen LogP contribution is -2.16. The number of carboxylic acid groups (broad SMARTS) is 1. The predicted octanol–water partition coefficient (Wildman–Crippen LogP) is 3.13. The number of benzene rings is 2. The van der Waals surface area contributed by atoms with Gasteiger partial charge in [0.15, 0.2) is 0 Å². The van der Waals surface area contributed by atoms with Crippen LogP contribution in [0.5, 0.6) is 0 Å². The molecule has 0 atom stereocenters. The lowest BCUT2D eigenvalue weighted by Gasteiger charge is -2.09. The Bertz CT molecular complexity index is 722. The molecule has 0 aliphatic heterocycles. The van der Waals surface area contributed by atoms with Gasteiger partial charge in [-0.1, -0.05) is 18.2 Å². The smallest absolute Gasteiger partial charge is 0.336 e. The Morgan fingerprint density at radius 1 is 0.952 bits per heavy atom. The quantitative estimate of drug-likeness (QED) is 0.908. The number of fused-ring (bicyclic) bond motifs is 1. The van der Waals surface area contributed by atoms with Crippen molar-refractivity contribution in [1.29, 1.82) is 0 Å². The van der Waals surface area contributed by atoms with Crippen molar-refractivity contribution in [2.75, 3.05) is 5.32 Å². The molecule has 0 aromatic heterocycles. The number of carboxylic acids is 1. The molecule has 2 N–H and O–H groups in total. The highest BCUT2D eigenvalue weighted by Crippen LogP contribution is 2.25. The van der Waals surface area contributed by atoms with Crippen LogP contribution in [0.4, 0.5) is 5.69 Å².